The van der Waals surface area contributed by atoms with Crippen LogP contribution in [0.1, 0.15) is 33.3 Å². The summed E-state index contributed by atoms with van der Waals surface area (Å²) in [7, 11) is 1.63. The van der Waals surface area contributed by atoms with Gasteiger partial charge in [-0.25, -0.2) is 0 Å². The van der Waals surface area contributed by atoms with Crippen LogP contribution in [0.3, 0.4) is 0 Å². The zero-order valence-electron chi connectivity index (χ0n) is 12.4. The molecule has 1 rings (SSSR count). The maximum atomic E-state index is 12.0. The van der Waals surface area contributed by atoms with Gasteiger partial charge in [0, 0.05) is 0 Å². The van der Waals surface area contributed by atoms with Crippen LogP contribution in [0.4, 0.5) is 0 Å². The summed E-state index contributed by atoms with van der Waals surface area (Å²) >= 11 is 0. The Balaban J connectivity index is 2.82. The molecule has 0 saturated carbocycles. The summed E-state index contributed by atoms with van der Waals surface area (Å²) in [4.78, 5) is 12.0. The molecule has 0 heterocycles. The van der Waals surface area contributed by atoms with Crippen LogP contribution in [0.2, 0.25) is 0 Å². The van der Waals surface area contributed by atoms with Crippen molar-refractivity contribution in [1.29, 1.82) is 0 Å². The van der Waals surface area contributed by atoms with Crippen molar-refractivity contribution >= 4 is 5.91 Å². The molecule has 0 bridgehead atoms. The lowest BCUT2D eigenvalue weighted by Gasteiger charge is -2.29. The predicted molar refractivity (Wildman–Crippen MR) is 77.0 cm³/mol. The van der Waals surface area contributed by atoms with Crippen molar-refractivity contribution in [3.05, 3.63) is 29.8 Å². The molecule has 106 valence electrons. The second kappa shape index (κ2) is 6.06. The van der Waals surface area contributed by atoms with Gasteiger partial charge in [-0.1, -0.05) is 26.0 Å². The molecule has 0 aliphatic heterocycles. The van der Waals surface area contributed by atoms with E-state index in [0.717, 1.165) is 11.3 Å². The Hall–Kier alpha value is -1.55. The molecule has 4 heteroatoms. The van der Waals surface area contributed by atoms with Crippen molar-refractivity contribution in [2.45, 2.75) is 39.3 Å². The number of hydrogen-bond donors (Lipinski definition) is 2. The maximum absolute atomic E-state index is 12.0. The Morgan fingerprint density at radius 3 is 2.21 bits per heavy atom. The van der Waals surface area contributed by atoms with Gasteiger partial charge >= 0.3 is 0 Å². The maximum Gasteiger partial charge on any atom is 0.237 e. The van der Waals surface area contributed by atoms with E-state index >= 15 is 0 Å². The molecule has 3 N–H and O–H groups in total. The quantitative estimate of drug-likeness (QED) is 0.855. The van der Waals surface area contributed by atoms with Crippen LogP contribution < -0.4 is 15.8 Å². The minimum absolute atomic E-state index is 0.117. The first-order chi connectivity index (χ1) is 8.77. The van der Waals surface area contributed by atoms with Crippen molar-refractivity contribution in [2.75, 3.05) is 7.11 Å². The molecule has 1 aromatic rings. The molecule has 0 spiro atoms. The normalized spacial score (nSPS) is 13.2. The highest BCUT2D eigenvalue weighted by Crippen LogP contribution is 2.23. The Kier molecular flexibility index (Phi) is 4.95. The lowest BCUT2D eigenvalue weighted by atomic mass is 9.93. The molecule has 0 saturated heterocycles. The number of rotatable bonds is 5. The number of ether oxygens (including phenoxy) is 1. The van der Waals surface area contributed by atoms with Crippen molar-refractivity contribution < 1.29 is 9.53 Å². The second-order valence-corrected chi connectivity index (χ2v) is 5.61. The smallest absolute Gasteiger partial charge is 0.237 e. The third-order valence-corrected chi connectivity index (χ3v) is 3.27. The number of hydrogen-bond acceptors (Lipinski definition) is 3. The van der Waals surface area contributed by atoms with Gasteiger partial charge in [0.2, 0.25) is 5.91 Å². The first-order valence-electron chi connectivity index (χ1n) is 6.50. The number of nitrogens with one attached hydrogen (secondary N) is 1. The minimum Gasteiger partial charge on any atom is -0.497 e. The van der Waals surface area contributed by atoms with Gasteiger partial charge < -0.3 is 15.8 Å². The van der Waals surface area contributed by atoms with Crippen molar-refractivity contribution in [3.63, 3.8) is 0 Å². The molecule has 1 amide bonds. The van der Waals surface area contributed by atoms with Gasteiger partial charge in [0.25, 0.3) is 0 Å². The van der Waals surface area contributed by atoms with Crippen LogP contribution in [0.5, 0.6) is 5.75 Å². The van der Waals surface area contributed by atoms with Gasteiger partial charge in [0.1, 0.15) is 5.75 Å². The predicted octanol–water partition coefficient (Wildman–Crippen LogP) is 2.03. The average Bonchev–Trinajstić information content (AvgIpc) is 2.37. The van der Waals surface area contributed by atoms with Crippen LogP contribution in [-0.2, 0) is 10.3 Å². The largest absolute Gasteiger partial charge is 0.497 e. The van der Waals surface area contributed by atoms with Crippen LogP contribution in [0, 0.1) is 5.92 Å². The van der Waals surface area contributed by atoms with Gasteiger partial charge in [-0.2, -0.15) is 0 Å². The number of nitrogens with two attached hydrogens (primary N) is 1. The topological polar surface area (TPSA) is 64.3 Å². The summed E-state index contributed by atoms with van der Waals surface area (Å²) in [5.74, 6) is 0.784. The van der Waals surface area contributed by atoms with Gasteiger partial charge in [-0.3, -0.25) is 4.79 Å². The van der Waals surface area contributed by atoms with Gasteiger partial charge in [0.15, 0.2) is 0 Å². The van der Waals surface area contributed by atoms with Crippen LogP contribution in [-0.4, -0.2) is 19.1 Å². The Morgan fingerprint density at radius 1 is 1.26 bits per heavy atom. The van der Waals surface area contributed by atoms with Crippen molar-refractivity contribution in [1.82, 2.24) is 5.32 Å². The summed E-state index contributed by atoms with van der Waals surface area (Å²) in [6.45, 7) is 7.79. The molecule has 0 fully saturated rings. The SMILES string of the molecule is COc1ccc(C(C)(C)NC(=O)C(N)C(C)C)cc1. The zero-order valence-corrected chi connectivity index (χ0v) is 12.4. The number of methoxy groups -OCH3 is 1. The van der Waals surface area contributed by atoms with E-state index in [0.29, 0.717) is 0 Å². The fourth-order valence-corrected chi connectivity index (χ4v) is 1.77. The molecule has 4 nitrogen and oxygen atoms in total. The van der Waals surface area contributed by atoms with E-state index in [2.05, 4.69) is 5.32 Å². The molecular weight excluding hydrogens is 240 g/mol. The molecule has 0 radical (unpaired) electrons. The summed E-state index contributed by atoms with van der Waals surface area (Å²) in [5.41, 5.74) is 6.41. The van der Waals surface area contributed by atoms with E-state index in [4.69, 9.17) is 10.5 Å². The number of amides is 1. The lowest BCUT2D eigenvalue weighted by Crippen LogP contribution is -2.50. The summed E-state index contributed by atoms with van der Waals surface area (Å²) < 4.78 is 5.13. The van der Waals surface area contributed by atoms with E-state index in [1.807, 2.05) is 52.0 Å². The van der Waals surface area contributed by atoms with Crippen molar-refractivity contribution in [2.24, 2.45) is 11.7 Å². The summed E-state index contributed by atoms with van der Waals surface area (Å²) in [5, 5.41) is 2.99. The lowest BCUT2D eigenvalue weighted by molar-refractivity contribution is -0.124. The zero-order chi connectivity index (χ0) is 14.6. The fraction of sp³-hybridized carbons (Fsp3) is 0.533. The third kappa shape index (κ3) is 3.96. The molecule has 1 unspecified atom stereocenters. The third-order valence-electron chi connectivity index (χ3n) is 3.27. The first-order valence-corrected chi connectivity index (χ1v) is 6.50. The standard InChI is InChI=1S/C15H24N2O2/c1-10(2)13(16)14(18)17-15(3,4)11-6-8-12(19-5)9-7-11/h6-10,13H,16H2,1-5H3,(H,17,18). The number of carbonyl (C=O) groups excluding carboxylic acids is 1. The molecule has 0 aromatic heterocycles. The monoisotopic (exact) mass is 264 g/mol. The van der Waals surface area contributed by atoms with Gasteiger partial charge in [0.05, 0.1) is 18.7 Å². The molecule has 19 heavy (non-hydrogen) atoms. The van der Waals surface area contributed by atoms with Crippen LogP contribution >= 0.6 is 0 Å². The van der Waals surface area contributed by atoms with Crippen molar-refractivity contribution in [3.8, 4) is 5.75 Å². The van der Waals surface area contributed by atoms with E-state index in [9.17, 15) is 4.79 Å². The minimum atomic E-state index is -0.488. The number of carbonyl (C=O) groups is 1. The highest BCUT2D eigenvalue weighted by molar-refractivity contribution is 5.82. The Morgan fingerprint density at radius 2 is 1.79 bits per heavy atom. The first kappa shape index (κ1) is 15.5. The Labute approximate surface area is 115 Å². The van der Waals surface area contributed by atoms with Crippen LogP contribution in [0.25, 0.3) is 0 Å². The van der Waals surface area contributed by atoms with E-state index in [1.54, 1.807) is 7.11 Å². The highest BCUT2D eigenvalue weighted by Gasteiger charge is 2.26. The van der Waals surface area contributed by atoms with Crippen LogP contribution in [0.15, 0.2) is 24.3 Å². The fourth-order valence-electron chi connectivity index (χ4n) is 1.77. The van der Waals surface area contributed by atoms with Gasteiger partial charge in [-0.15, -0.1) is 0 Å². The second-order valence-electron chi connectivity index (χ2n) is 5.61. The van der Waals surface area contributed by atoms with E-state index in [-0.39, 0.29) is 11.8 Å². The highest BCUT2D eigenvalue weighted by atomic mass is 16.5. The molecular formula is C15H24N2O2. The number of benzene rings is 1. The molecule has 1 atom stereocenters. The molecule has 1 aromatic carbocycles. The molecule has 0 aliphatic carbocycles. The summed E-state index contributed by atoms with van der Waals surface area (Å²) in [6, 6.07) is 7.16. The van der Waals surface area contributed by atoms with E-state index in [1.165, 1.54) is 0 Å². The van der Waals surface area contributed by atoms with Gasteiger partial charge in [-0.05, 0) is 37.5 Å². The van der Waals surface area contributed by atoms with E-state index < -0.39 is 11.6 Å². The molecule has 0 aliphatic rings. The summed E-state index contributed by atoms with van der Waals surface area (Å²) in [6.07, 6.45) is 0. The average molecular weight is 264 g/mol. The Bertz CT molecular complexity index is 424.